The molecule has 170 valence electrons. The van der Waals surface area contributed by atoms with Gasteiger partial charge in [0.2, 0.25) is 5.91 Å². The number of methoxy groups -OCH3 is 1. The molecule has 3 aromatic rings. The van der Waals surface area contributed by atoms with E-state index >= 15 is 0 Å². The first kappa shape index (κ1) is 24.1. The fourth-order valence-corrected chi connectivity index (χ4v) is 5.86. The molecule has 0 unspecified atom stereocenters. The van der Waals surface area contributed by atoms with Crippen molar-refractivity contribution in [2.24, 2.45) is 4.99 Å². The molecule has 0 radical (unpaired) electrons. The summed E-state index contributed by atoms with van der Waals surface area (Å²) in [6.07, 6.45) is 1.94. The van der Waals surface area contributed by atoms with Crippen molar-refractivity contribution in [1.82, 2.24) is 4.57 Å². The molecule has 0 spiro atoms. The second-order valence-electron chi connectivity index (χ2n) is 6.76. The molecule has 0 saturated heterocycles. The van der Waals surface area contributed by atoms with Crippen molar-refractivity contribution in [3.8, 4) is 0 Å². The van der Waals surface area contributed by atoms with E-state index in [0.29, 0.717) is 4.80 Å². The summed E-state index contributed by atoms with van der Waals surface area (Å²) in [5, 5.41) is 0. The molecule has 0 aliphatic heterocycles. The number of fused-ring (bicyclic) bond motifs is 1. The number of sulfone groups is 1. The number of esters is 1. The van der Waals surface area contributed by atoms with Gasteiger partial charge in [0.25, 0.3) is 0 Å². The Kier molecular flexibility index (Phi) is 7.86. The Morgan fingerprint density at radius 1 is 1.19 bits per heavy atom. The summed E-state index contributed by atoms with van der Waals surface area (Å²) in [6.45, 7) is -0.0970. The van der Waals surface area contributed by atoms with E-state index in [4.69, 9.17) is 4.74 Å². The molecule has 0 fully saturated rings. The van der Waals surface area contributed by atoms with Crippen LogP contribution in [0.2, 0.25) is 0 Å². The van der Waals surface area contributed by atoms with Crippen molar-refractivity contribution in [3.05, 3.63) is 53.1 Å². The van der Waals surface area contributed by atoms with E-state index in [1.807, 2.05) is 24.5 Å². The van der Waals surface area contributed by atoms with Crippen LogP contribution in [0.15, 0.2) is 57.2 Å². The normalized spacial score (nSPS) is 12.3. The molecule has 0 N–H and O–H groups in total. The summed E-state index contributed by atoms with van der Waals surface area (Å²) in [5.41, 5.74) is 0.753. The molecular weight excluding hydrogens is 475 g/mol. The molecule has 11 heteroatoms. The van der Waals surface area contributed by atoms with Crippen molar-refractivity contribution in [3.63, 3.8) is 0 Å². The van der Waals surface area contributed by atoms with Crippen molar-refractivity contribution >= 4 is 55.0 Å². The highest BCUT2D eigenvalue weighted by molar-refractivity contribution is 7.98. The molecule has 0 aliphatic rings. The van der Waals surface area contributed by atoms with Crippen LogP contribution in [-0.4, -0.2) is 44.0 Å². The number of amides is 1. The Morgan fingerprint density at radius 3 is 2.56 bits per heavy atom. The van der Waals surface area contributed by atoms with Gasteiger partial charge in [0.15, 0.2) is 14.6 Å². The largest absolute Gasteiger partial charge is 0.468 e. The molecular formula is C21H21FN2O5S3. The van der Waals surface area contributed by atoms with Gasteiger partial charge in [0, 0.05) is 11.3 Å². The molecule has 0 bridgehead atoms. The SMILES string of the molecule is COC(=O)Cn1c(=NC(=O)CCCS(=O)(=O)c2ccc(F)cc2)sc2cc(SC)ccc21. The lowest BCUT2D eigenvalue weighted by atomic mass is 10.3. The predicted octanol–water partition coefficient (Wildman–Crippen LogP) is 3.42. The van der Waals surface area contributed by atoms with Crippen LogP contribution in [0.4, 0.5) is 4.39 Å². The fourth-order valence-electron chi connectivity index (χ4n) is 2.95. The molecule has 0 aliphatic carbocycles. The highest BCUT2D eigenvalue weighted by Gasteiger charge is 2.16. The number of nitrogens with zero attached hydrogens (tertiary/aromatic N) is 2. The summed E-state index contributed by atoms with van der Waals surface area (Å²) < 4.78 is 44.9. The Hall–Kier alpha value is -2.50. The lowest BCUT2D eigenvalue weighted by Crippen LogP contribution is -2.22. The van der Waals surface area contributed by atoms with Crippen LogP contribution in [0, 0.1) is 5.82 Å². The number of hydrogen-bond acceptors (Lipinski definition) is 7. The van der Waals surface area contributed by atoms with E-state index in [2.05, 4.69) is 4.99 Å². The van der Waals surface area contributed by atoms with Gasteiger partial charge in [-0.3, -0.25) is 9.59 Å². The molecule has 7 nitrogen and oxygen atoms in total. The van der Waals surface area contributed by atoms with Gasteiger partial charge in [0.05, 0.1) is 28.0 Å². The van der Waals surface area contributed by atoms with E-state index in [9.17, 15) is 22.4 Å². The zero-order valence-electron chi connectivity index (χ0n) is 17.4. The lowest BCUT2D eigenvalue weighted by Gasteiger charge is -2.04. The molecule has 0 atom stereocenters. The van der Waals surface area contributed by atoms with Crippen molar-refractivity contribution < 1.29 is 27.1 Å². The third-order valence-corrected chi connectivity index (χ3v) is 8.18. The topological polar surface area (TPSA) is 94.8 Å². The van der Waals surface area contributed by atoms with E-state index in [-0.39, 0.29) is 30.0 Å². The zero-order chi connectivity index (χ0) is 23.3. The second-order valence-corrected chi connectivity index (χ2v) is 10.8. The highest BCUT2D eigenvalue weighted by Crippen LogP contribution is 2.24. The van der Waals surface area contributed by atoms with Crippen LogP contribution in [0.25, 0.3) is 10.2 Å². The monoisotopic (exact) mass is 496 g/mol. The first-order valence-electron chi connectivity index (χ1n) is 9.53. The minimum absolute atomic E-state index is 0.00770. The van der Waals surface area contributed by atoms with E-state index in [1.165, 1.54) is 30.6 Å². The van der Waals surface area contributed by atoms with Crippen molar-refractivity contribution in [2.45, 2.75) is 29.2 Å². The van der Waals surface area contributed by atoms with Gasteiger partial charge in [0.1, 0.15) is 12.4 Å². The molecule has 1 aromatic heterocycles. The minimum Gasteiger partial charge on any atom is -0.468 e. The standard InChI is InChI=1S/C21H21FN2O5S3/c1-29-20(26)13-24-17-10-7-15(30-2)12-18(17)31-21(24)23-19(25)4-3-11-32(27,28)16-8-5-14(22)6-9-16/h5-10,12H,3-4,11,13H2,1-2H3. The Labute approximate surface area is 192 Å². The van der Waals surface area contributed by atoms with E-state index in [0.717, 1.165) is 27.2 Å². The maximum absolute atomic E-state index is 13.0. The number of halogens is 1. The van der Waals surface area contributed by atoms with Gasteiger partial charge < -0.3 is 9.30 Å². The number of benzene rings is 2. The Morgan fingerprint density at radius 2 is 1.91 bits per heavy atom. The van der Waals surface area contributed by atoms with Gasteiger partial charge in [-0.25, -0.2) is 12.8 Å². The van der Waals surface area contributed by atoms with Crippen LogP contribution >= 0.6 is 23.1 Å². The number of carbonyl (C=O) groups excluding carboxylic acids is 2. The number of rotatable bonds is 8. The van der Waals surface area contributed by atoms with Gasteiger partial charge >= 0.3 is 5.97 Å². The maximum Gasteiger partial charge on any atom is 0.325 e. The number of hydrogen-bond donors (Lipinski definition) is 0. The predicted molar refractivity (Wildman–Crippen MR) is 122 cm³/mol. The van der Waals surface area contributed by atoms with E-state index in [1.54, 1.807) is 16.3 Å². The van der Waals surface area contributed by atoms with Gasteiger partial charge in [-0.15, -0.1) is 11.8 Å². The fraction of sp³-hybridized carbons (Fsp3) is 0.286. The highest BCUT2D eigenvalue weighted by atomic mass is 32.2. The van der Waals surface area contributed by atoms with Gasteiger partial charge in [-0.2, -0.15) is 4.99 Å². The summed E-state index contributed by atoms with van der Waals surface area (Å²) in [6, 6.07) is 10.3. The average molecular weight is 497 g/mol. The summed E-state index contributed by atoms with van der Waals surface area (Å²) in [4.78, 5) is 29.8. The van der Waals surface area contributed by atoms with Crippen LogP contribution in [0.5, 0.6) is 0 Å². The second kappa shape index (κ2) is 10.4. The van der Waals surface area contributed by atoms with Gasteiger partial charge in [-0.1, -0.05) is 11.3 Å². The van der Waals surface area contributed by atoms with E-state index < -0.39 is 27.5 Å². The molecule has 3 rings (SSSR count). The molecule has 32 heavy (non-hydrogen) atoms. The summed E-state index contributed by atoms with van der Waals surface area (Å²) in [7, 11) is -2.34. The summed E-state index contributed by atoms with van der Waals surface area (Å²) >= 11 is 2.85. The smallest absolute Gasteiger partial charge is 0.325 e. The quantitative estimate of drug-likeness (QED) is 0.269. The number of carbonyl (C=O) groups is 2. The third kappa shape index (κ3) is 5.84. The van der Waals surface area contributed by atoms with Crippen LogP contribution in [0.1, 0.15) is 12.8 Å². The lowest BCUT2D eigenvalue weighted by molar-refractivity contribution is -0.141. The summed E-state index contributed by atoms with van der Waals surface area (Å²) in [5.74, 6) is -1.75. The molecule has 2 aromatic carbocycles. The number of thiazole rings is 1. The first-order chi connectivity index (χ1) is 15.2. The number of thioether (sulfide) groups is 1. The average Bonchev–Trinajstić information content (AvgIpc) is 3.09. The van der Waals surface area contributed by atoms with Crippen LogP contribution in [-0.2, 0) is 30.7 Å². The van der Waals surface area contributed by atoms with Crippen molar-refractivity contribution in [2.75, 3.05) is 19.1 Å². The minimum atomic E-state index is -3.63. The number of ether oxygens (including phenoxy) is 1. The molecule has 1 amide bonds. The third-order valence-electron chi connectivity index (χ3n) is 4.60. The van der Waals surface area contributed by atoms with Gasteiger partial charge in [-0.05, 0) is 55.1 Å². The Balaban J connectivity index is 1.79. The zero-order valence-corrected chi connectivity index (χ0v) is 19.9. The maximum atomic E-state index is 13.0. The van der Waals surface area contributed by atoms with Crippen molar-refractivity contribution in [1.29, 1.82) is 0 Å². The van der Waals surface area contributed by atoms with Crippen LogP contribution in [0.3, 0.4) is 0 Å². The molecule has 0 saturated carbocycles. The van der Waals surface area contributed by atoms with Crippen LogP contribution < -0.4 is 4.80 Å². The number of aromatic nitrogens is 1. The first-order valence-corrected chi connectivity index (χ1v) is 13.2. The Bertz CT molecular complexity index is 1310. The molecule has 1 heterocycles.